The molecule has 1 amide bonds. The Labute approximate surface area is 105 Å². The largest absolute Gasteiger partial charge is 0.394 e. The van der Waals surface area contributed by atoms with Gasteiger partial charge in [0, 0.05) is 6.92 Å². The number of rotatable bonds is 2. The van der Waals surface area contributed by atoms with Crippen LogP contribution in [0.15, 0.2) is 0 Å². The van der Waals surface area contributed by atoms with E-state index in [1.165, 1.54) is 6.92 Å². The maximum Gasteiger partial charge on any atom is 0.217 e. The summed E-state index contributed by atoms with van der Waals surface area (Å²) >= 11 is 0. The van der Waals surface area contributed by atoms with E-state index < -0.39 is 0 Å². The molecule has 4 nitrogen and oxygen atoms in total. The van der Waals surface area contributed by atoms with Crippen molar-refractivity contribution < 1.29 is 14.6 Å². The van der Waals surface area contributed by atoms with Crippen molar-refractivity contribution in [2.75, 3.05) is 6.61 Å². The standard InChI is InChI=1S/C11H21NO3.C2H6/c1-6-7(2)11(12-9(4)14)10(5-13)15-8(6)3;1-2/h6-8,10-11,13H,5H2,1-4H3,(H,12,14);1-2H3/t6-,7+,8?,10-,11?;/m0./s1. The Morgan fingerprint density at radius 3 is 2.18 bits per heavy atom. The fourth-order valence-electron chi connectivity index (χ4n) is 2.19. The van der Waals surface area contributed by atoms with Crippen molar-refractivity contribution >= 4 is 5.91 Å². The predicted octanol–water partition coefficient (Wildman–Crippen LogP) is 1.57. The first-order valence-electron chi connectivity index (χ1n) is 6.50. The molecule has 0 aliphatic carbocycles. The van der Waals surface area contributed by atoms with E-state index in [4.69, 9.17) is 4.74 Å². The fraction of sp³-hybridized carbons (Fsp3) is 0.923. The Kier molecular flexibility index (Phi) is 7.39. The molecule has 102 valence electrons. The number of hydrogen-bond acceptors (Lipinski definition) is 3. The van der Waals surface area contributed by atoms with Crippen molar-refractivity contribution in [2.45, 2.75) is 59.8 Å². The summed E-state index contributed by atoms with van der Waals surface area (Å²) in [6.45, 7) is 11.6. The first kappa shape index (κ1) is 16.4. The summed E-state index contributed by atoms with van der Waals surface area (Å²) in [5, 5.41) is 12.1. The topological polar surface area (TPSA) is 58.6 Å². The average Bonchev–Trinajstić information content (AvgIpc) is 2.32. The van der Waals surface area contributed by atoms with E-state index in [2.05, 4.69) is 19.2 Å². The highest BCUT2D eigenvalue weighted by Gasteiger charge is 2.39. The molecule has 1 heterocycles. The number of nitrogens with one attached hydrogen (secondary N) is 1. The van der Waals surface area contributed by atoms with Gasteiger partial charge in [0.1, 0.15) is 6.10 Å². The van der Waals surface area contributed by atoms with E-state index in [0.29, 0.717) is 11.8 Å². The van der Waals surface area contributed by atoms with E-state index >= 15 is 0 Å². The van der Waals surface area contributed by atoms with Crippen molar-refractivity contribution in [3.63, 3.8) is 0 Å². The molecule has 0 radical (unpaired) electrons. The lowest BCUT2D eigenvalue weighted by atomic mass is 9.80. The maximum absolute atomic E-state index is 11.1. The van der Waals surface area contributed by atoms with Gasteiger partial charge in [0.25, 0.3) is 0 Å². The lowest BCUT2D eigenvalue weighted by Crippen LogP contribution is -2.57. The van der Waals surface area contributed by atoms with Gasteiger partial charge >= 0.3 is 0 Å². The zero-order valence-corrected chi connectivity index (χ0v) is 11.9. The highest BCUT2D eigenvalue weighted by molar-refractivity contribution is 5.73. The lowest BCUT2D eigenvalue weighted by molar-refractivity contribution is -0.140. The molecule has 1 saturated heterocycles. The Bertz CT molecular complexity index is 231. The van der Waals surface area contributed by atoms with Gasteiger partial charge in [-0.05, 0) is 18.8 Å². The summed E-state index contributed by atoms with van der Waals surface area (Å²) in [7, 11) is 0. The molecule has 0 saturated carbocycles. The normalized spacial score (nSPS) is 36.8. The van der Waals surface area contributed by atoms with E-state index in [0.717, 1.165) is 0 Å². The van der Waals surface area contributed by atoms with Gasteiger partial charge in [0.05, 0.1) is 18.8 Å². The van der Waals surface area contributed by atoms with Gasteiger partial charge in [-0.1, -0.05) is 27.7 Å². The lowest BCUT2D eigenvalue weighted by Gasteiger charge is -2.43. The van der Waals surface area contributed by atoms with Crippen LogP contribution in [0, 0.1) is 11.8 Å². The molecule has 0 bridgehead atoms. The summed E-state index contributed by atoms with van der Waals surface area (Å²) in [5.74, 6) is 0.620. The smallest absolute Gasteiger partial charge is 0.217 e. The van der Waals surface area contributed by atoms with Crippen molar-refractivity contribution in [3.05, 3.63) is 0 Å². The molecule has 2 unspecified atom stereocenters. The van der Waals surface area contributed by atoms with Crippen LogP contribution in [-0.4, -0.2) is 35.9 Å². The maximum atomic E-state index is 11.1. The quantitative estimate of drug-likeness (QED) is 0.776. The van der Waals surface area contributed by atoms with Crippen LogP contribution in [0.25, 0.3) is 0 Å². The van der Waals surface area contributed by atoms with Crippen molar-refractivity contribution in [1.29, 1.82) is 0 Å². The van der Waals surface area contributed by atoms with Crippen LogP contribution in [0.1, 0.15) is 41.5 Å². The van der Waals surface area contributed by atoms with Gasteiger partial charge in [-0.2, -0.15) is 0 Å². The van der Waals surface area contributed by atoms with Crippen LogP contribution < -0.4 is 5.32 Å². The molecule has 17 heavy (non-hydrogen) atoms. The SMILES string of the molecule is CC.CC(=O)NC1[C@H](CO)OC(C)[C@@H](C)[C@H]1C. The molecule has 1 aliphatic rings. The molecular weight excluding hydrogens is 218 g/mol. The number of carbonyl (C=O) groups is 1. The Morgan fingerprint density at radius 1 is 1.24 bits per heavy atom. The highest BCUT2D eigenvalue weighted by Crippen LogP contribution is 2.30. The third-order valence-corrected chi connectivity index (χ3v) is 3.48. The molecule has 0 aromatic carbocycles. The molecule has 2 N–H and O–H groups in total. The van der Waals surface area contributed by atoms with Crippen LogP contribution >= 0.6 is 0 Å². The fourth-order valence-corrected chi connectivity index (χ4v) is 2.19. The van der Waals surface area contributed by atoms with Gasteiger partial charge < -0.3 is 15.2 Å². The van der Waals surface area contributed by atoms with Crippen molar-refractivity contribution in [1.82, 2.24) is 5.32 Å². The summed E-state index contributed by atoms with van der Waals surface area (Å²) in [4.78, 5) is 11.1. The first-order valence-corrected chi connectivity index (χ1v) is 6.50. The molecule has 5 atom stereocenters. The van der Waals surface area contributed by atoms with E-state index in [-0.39, 0.29) is 30.8 Å². The number of carbonyl (C=O) groups excluding carboxylic acids is 1. The Balaban J connectivity index is 0.00000121. The number of aliphatic hydroxyl groups is 1. The minimum Gasteiger partial charge on any atom is -0.394 e. The highest BCUT2D eigenvalue weighted by atomic mass is 16.5. The Hall–Kier alpha value is -0.610. The van der Waals surface area contributed by atoms with Crippen LogP contribution in [0.5, 0.6) is 0 Å². The van der Waals surface area contributed by atoms with Gasteiger partial charge in [0.2, 0.25) is 5.91 Å². The molecule has 1 rings (SSSR count). The Morgan fingerprint density at radius 2 is 1.76 bits per heavy atom. The van der Waals surface area contributed by atoms with Gasteiger partial charge in [0.15, 0.2) is 0 Å². The summed E-state index contributed by atoms with van der Waals surface area (Å²) < 4.78 is 5.67. The van der Waals surface area contributed by atoms with Crippen molar-refractivity contribution in [3.8, 4) is 0 Å². The van der Waals surface area contributed by atoms with Crippen LogP contribution in [0.4, 0.5) is 0 Å². The van der Waals surface area contributed by atoms with Gasteiger partial charge in [-0.3, -0.25) is 4.79 Å². The number of hydrogen-bond donors (Lipinski definition) is 2. The molecule has 1 aliphatic heterocycles. The number of ether oxygens (including phenoxy) is 1. The van der Waals surface area contributed by atoms with E-state index in [9.17, 15) is 9.90 Å². The zero-order valence-electron chi connectivity index (χ0n) is 11.9. The van der Waals surface area contributed by atoms with Crippen LogP contribution in [0.2, 0.25) is 0 Å². The monoisotopic (exact) mass is 245 g/mol. The second-order valence-corrected chi connectivity index (χ2v) is 4.51. The first-order chi connectivity index (χ1) is 7.97. The van der Waals surface area contributed by atoms with E-state index in [1.54, 1.807) is 0 Å². The summed E-state index contributed by atoms with van der Waals surface area (Å²) in [6.07, 6.45) is -0.155. The van der Waals surface area contributed by atoms with Gasteiger partial charge in [-0.15, -0.1) is 0 Å². The van der Waals surface area contributed by atoms with Gasteiger partial charge in [-0.25, -0.2) is 0 Å². The third-order valence-electron chi connectivity index (χ3n) is 3.48. The summed E-state index contributed by atoms with van der Waals surface area (Å²) in [6, 6.07) is -0.0845. The molecule has 1 fully saturated rings. The second-order valence-electron chi connectivity index (χ2n) is 4.51. The summed E-state index contributed by atoms with van der Waals surface area (Å²) in [5.41, 5.74) is 0. The number of aliphatic hydroxyl groups excluding tert-OH is 1. The predicted molar refractivity (Wildman–Crippen MR) is 68.7 cm³/mol. The zero-order chi connectivity index (χ0) is 13.6. The molecule has 0 aromatic rings. The molecular formula is C13H27NO3. The minimum atomic E-state index is -0.282. The van der Waals surface area contributed by atoms with Crippen molar-refractivity contribution in [2.24, 2.45) is 11.8 Å². The molecule has 0 aromatic heterocycles. The third kappa shape index (κ3) is 4.28. The molecule has 4 heteroatoms. The second kappa shape index (κ2) is 7.67. The average molecular weight is 245 g/mol. The van der Waals surface area contributed by atoms with Crippen LogP contribution in [-0.2, 0) is 9.53 Å². The minimum absolute atomic E-state index is 0.0493. The van der Waals surface area contributed by atoms with E-state index in [1.807, 2.05) is 20.8 Å². The number of amides is 1. The molecule has 0 spiro atoms. The van der Waals surface area contributed by atoms with Crippen LogP contribution in [0.3, 0.4) is 0 Å².